The number of esters is 1. The van der Waals surface area contributed by atoms with Crippen LogP contribution in [0.15, 0.2) is 42.5 Å². The van der Waals surface area contributed by atoms with Crippen molar-refractivity contribution in [1.29, 1.82) is 0 Å². The highest BCUT2D eigenvalue weighted by molar-refractivity contribution is 6.34. The number of amides is 2. The van der Waals surface area contributed by atoms with Crippen molar-refractivity contribution < 1.29 is 23.9 Å². The molecule has 1 aliphatic heterocycles. The van der Waals surface area contributed by atoms with Gasteiger partial charge in [0.05, 0.1) is 16.6 Å². The van der Waals surface area contributed by atoms with Gasteiger partial charge in [-0.25, -0.2) is 0 Å². The highest BCUT2D eigenvalue weighted by Gasteiger charge is 2.33. The monoisotopic (exact) mass is 498 g/mol. The summed E-state index contributed by atoms with van der Waals surface area (Å²) in [6, 6.07) is 11.5. The molecule has 2 aromatic carbocycles. The number of anilines is 1. The number of carbonyl (C=O) groups excluding carboxylic acids is 3. The fourth-order valence-corrected chi connectivity index (χ4v) is 4.01. The molecule has 0 aliphatic carbocycles. The second-order valence-electron chi connectivity index (χ2n) is 7.82. The minimum Gasteiger partial charge on any atom is -0.490 e. The normalized spacial score (nSPS) is 14.2. The van der Waals surface area contributed by atoms with Gasteiger partial charge in [0.15, 0.2) is 5.82 Å². The van der Waals surface area contributed by atoms with Crippen LogP contribution in [0.25, 0.3) is 0 Å². The van der Waals surface area contributed by atoms with E-state index in [1.807, 2.05) is 18.2 Å². The van der Waals surface area contributed by atoms with Crippen molar-refractivity contribution in [3.05, 3.63) is 64.4 Å². The van der Waals surface area contributed by atoms with E-state index >= 15 is 0 Å². The summed E-state index contributed by atoms with van der Waals surface area (Å²) in [6.45, 7) is 3.45. The summed E-state index contributed by atoms with van der Waals surface area (Å²) < 4.78 is 10.4. The number of benzene rings is 2. The standard InChI is InChI=1S/C23H23ClN6O5/c1-14(22-25-27-28-26-22)29-12-16-5-3-4-6-20(16)30(13-21(29)32)23(33)18-8-7-17(11-19(18)24)35-10-9-34-15(2)31/h3-8,11,14H,9-10,12-13H2,1-2H3,(H,25,26,27,28). The van der Waals surface area contributed by atoms with E-state index in [1.54, 1.807) is 30.0 Å². The third-order valence-electron chi connectivity index (χ3n) is 5.51. The number of nitrogens with zero attached hydrogens (tertiary/aromatic N) is 5. The average Bonchev–Trinajstić information content (AvgIpc) is 3.33. The number of para-hydroxylation sites is 1. The SMILES string of the molecule is CC(=O)OCCOc1ccc(C(=O)N2CC(=O)N(C(C)c3nn[nH]n3)Cc3ccccc32)c(Cl)c1. The van der Waals surface area contributed by atoms with Crippen molar-refractivity contribution in [3.63, 3.8) is 0 Å². The van der Waals surface area contributed by atoms with Gasteiger partial charge in [-0.05, 0) is 36.8 Å². The molecule has 1 atom stereocenters. The molecule has 11 nitrogen and oxygen atoms in total. The Hall–Kier alpha value is -3.99. The zero-order valence-corrected chi connectivity index (χ0v) is 19.9. The molecule has 1 aliphatic rings. The van der Waals surface area contributed by atoms with Crippen molar-refractivity contribution in [2.45, 2.75) is 26.4 Å². The molecule has 182 valence electrons. The third-order valence-corrected chi connectivity index (χ3v) is 5.83. The van der Waals surface area contributed by atoms with Gasteiger partial charge in [0.25, 0.3) is 5.91 Å². The Labute approximate surface area is 205 Å². The molecule has 0 radical (unpaired) electrons. The lowest BCUT2D eigenvalue weighted by atomic mass is 10.1. The number of tetrazole rings is 1. The van der Waals surface area contributed by atoms with Gasteiger partial charge >= 0.3 is 5.97 Å². The maximum absolute atomic E-state index is 13.6. The Kier molecular flexibility index (Phi) is 7.25. The van der Waals surface area contributed by atoms with Gasteiger partial charge in [-0.3, -0.25) is 19.3 Å². The van der Waals surface area contributed by atoms with Crippen molar-refractivity contribution >= 4 is 35.1 Å². The van der Waals surface area contributed by atoms with Crippen LogP contribution in [0.4, 0.5) is 5.69 Å². The number of ether oxygens (including phenoxy) is 2. The van der Waals surface area contributed by atoms with Gasteiger partial charge in [0.2, 0.25) is 5.91 Å². The predicted octanol–water partition coefficient (Wildman–Crippen LogP) is 2.55. The number of H-pyrrole nitrogens is 1. The molecule has 1 N–H and O–H groups in total. The second kappa shape index (κ2) is 10.5. The molecule has 3 aromatic rings. The molecular weight excluding hydrogens is 476 g/mol. The predicted molar refractivity (Wildman–Crippen MR) is 125 cm³/mol. The van der Waals surface area contributed by atoms with E-state index in [-0.39, 0.29) is 42.8 Å². The molecule has 0 spiro atoms. The summed E-state index contributed by atoms with van der Waals surface area (Å²) in [5.41, 5.74) is 1.64. The molecule has 35 heavy (non-hydrogen) atoms. The van der Waals surface area contributed by atoms with E-state index in [2.05, 4.69) is 20.6 Å². The van der Waals surface area contributed by atoms with E-state index < -0.39 is 17.9 Å². The van der Waals surface area contributed by atoms with Crippen LogP contribution in [0.2, 0.25) is 5.02 Å². The van der Waals surface area contributed by atoms with Gasteiger partial charge < -0.3 is 14.4 Å². The highest BCUT2D eigenvalue weighted by Crippen LogP contribution is 2.32. The summed E-state index contributed by atoms with van der Waals surface area (Å²) in [5, 5.41) is 14.1. The lowest BCUT2D eigenvalue weighted by Crippen LogP contribution is -2.41. The summed E-state index contributed by atoms with van der Waals surface area (Å²) in [5.74, 6) is -0.288. The molecule has 4 rings (SSSR count). The smallest absolute Gasteiger partial charge is 0.302 e. The lowest BCUT2D eigenvalue weighted by Gasteiger charge is -2.26. The van der Waals surface area contributed by atoms with Crippen molar-refractivity contribution in [1.82, 2.24) is 25.5 Å². The Bertz CT molecular complexity index is 1230. The van der Waals surface area contributed by atoms with E-state index in [0.717, 1.165) is 5.56 Å². The fraction of sp³-hybridized carbons (Fsp3) is 0.304. The van der Waals surface area contributed by atoms with Gasteiger partial charge in [-0.1, -0.05) is 35.0 Å². The first-order valence-corrected chi connectivity index (χ1v) is 11.2. The molecule has 12 heteroatoms. The molecule has 0 saturated heterocycles. The molecule has 2 amide bonds. The number of hydrogen-bond acceptors (Lipinski definition) is 8. The van der Waals surface area contributed by atoms with E-state index in [4.69, 9.17) is 21.1 Å². The fourth-order valence-electron chi connectivity index (χ4n) is 3.76. The summed E-state index contributed by atoms with van der Waals surface area (Å²) >= 11 is 6.42. The topological polar surface area (TPSA) is 131 Å². The number of fused-ring (bicyclic) bond motifs is 1. The summed E-state index contributed by atoms with van der Waals surface area (Å²) in [4.78, 5) is 40.7. The van der Waals surface area contributed by atoms with Crippen LogP contribution >= 0.6 is 11.6 Å². The Morgan fingerprint density at radius 2 is 1.97 bits per heavy atom. The van der Waals surface area contributed by atoms with Crippen molar-refractivity contribution in [2.75, 3.05) is 24.7 Å². The number of hydrogen-bond donors (Lipinski definition) is 1. The van der Waals surface area contributed by atoms with E-state index in [9.17, 15) is 14.4 Å². The van der Waals surface area contributed by atoms with Crippen molar-refractivity contribution in [2.24, 2.45) is 0 Å². The number of nitrogens with one attached hydrogen (secondary N) is 1. The molecule has 2 heterocycles. The number of halogens is 1. The van der Waals surface area contributed by atoms with Crippen LogP contribution < -0.4 is 9.64 Å². The van der Waals surface area contributed by atoms with Crippen LogP contribution in [0.3, 0.4) is 0 Å². The molecular formula is C23H23ClN6O5. The maximum atomic E-state index is 13.6. The second-order valence-corrected chi connectivity index (χ2v) is 8.22. The number of rotatable bonds is 7. The first-order chi connectivity index (χ1) is 16.8. The largest absolute Gasteiger partial charge is 0.490 e. The van der Waals surface area contributed by atoms with Gasteiger partial charge in [-0.2, -0.15) is 5.21 Å². The van der Waals surface area contributed by atoms with Crippen LogP contribution in [-0.2, 0) is 20.9 Å². The maximum Gasteiger partial charge on any atom is 0.302 e. The summed E-state index contributed by atoms with van der Waals surface area (Å²) in [6.07, 6.45) is 0. The van der Waals surface area contributed by atoms with Crippen LogP contribution in [-0.4, -0.2) is 63.1 Å². The molecule has 0 saturated carbocycles. The summed E-state index contributed by atoms with van der Waals surface area (Å²) in [7, 11) is 0. The van der Waals surface area contributed by atoms with Gasteiger partial charge in [0.1, 0.15) is 25.5 Å². The molecule has 0 fully saturated rings. The Morgan fingerprint density at radius 1 is 1.17 bits per heavy atom. The average molecular weight is 499 g/mol. The van der Waals surface area contributed by atoms with Crippen LogP contribution in [0.5, 0.6) is 5.75 Å². The van der Waals surface area contributed by atoms with Crippen molar-refractivity contribution in [3.8, 4) is 5.75 Å². The number of aromatic amines is 1. The minimum absolute atomic E-state index is 0.0963. The lowest BCUT2D eigenvalue weighted by molar-refractivity contribution is -0.141. The molecule has 1 unspecified atom stereocenters. The number of aromatic nitrogens is 4. The quantitative estimate of drug-likeness (QED) is 0.388. The zero-order valence-electron chi connectivity index (χ0n) is 19.1. The van der Waals surface area contributed by atoms with Crippen LogP contribution in [0.1, 0.15) is 41.6 Å². The first-order valence-electron chi connectivity index (χ1n) is 10.8. The van der Waals surface area contributed by atoms with Crippen LogP contribution in [0, 0.1) is 0 Å². The highest BCUT2D eigenvalue weighted by atomic mass is 35.5. The Morgan fingerprint density at radius 3 is 2.69 bits per heavy atom. The number of carbonyl (C=O) groups is 3. The van der Waals surface area contributed by atoms with Gasteiger partial charge in [-0.15, -0.1) is 10.2 Å². The molecule has 1 aromatic heterocycles. The third kappa shape index (κ3) is 5.40. The van der Waals surface area contributed by atoms with Gasteiger partial charge in [0, 0.05) is 19.2 Å². The Balaban J connectivity index is 1.57. The van der Waals surface area contributed by atoms with E-state index in [0.29, 0.717) is 17.3 Å². The van der Waals surface area contributed by atoms with E-state index in [1.165, 1.54) is 17.9 Å². The zero-order chi connectivity index (χ0) is 24.9. The minimum atomic E-state index is -0.448. The molecule has 0 bridgehead atoms. The first kappa shape index (κ1) is 24.1.